The van der Waals surface area contributed by atoms with Gasteiger partial charge in [0.05, 0.1) is 11.1 Å². The number of unbranched alkanes of at least 4 members (excludes halogenated alkanes) is 1. The third-order valence-electron chi connectivity index (χ3n) is 3.84. The average molecular weight is 416 g/mol. The van der Waals surface area contributed by atoms with Crippen LogP contribution >= 0.6 is 15.9 Å². The van der Waals surface area contributed by atoms with Crippen molar-refractivity contribution in [1.29, 1.82) is 0 Å². The Hall–Kier alpha value is -1.60. The molecule has 140 valence electrons. The molecule has 1 fully saturated rings. The number of hydrogen-bond donors (Lipinski definition) is 2. The van der Waals surface area contributed by atoms with Crippen molar-refractivity contribution in [2.45, 2.75) is 38.5 Å². The molecule has 1 heterocycles. The standard InChI is InChI=1S/C16H24BrNO.C2H2O4/c17-15-9-3-4-10-16(15)19-14-8-7-13-18-11-5-1-2-6-12-18;3-1(4)2(5)6/h3-4,9-10H,1-2,5-8,11-14H2;(H,3,4)(H,5,6). The second-order valence-corrected chi connectivity index (χ2v) is 6.71. The summed E-state index contributed by atoms with van der Waals surface area (Å²) in [5, 5.41) is 14.8. The number of carboxylic acid groups (broad SMARTS) is 2. The number of hydrogen-bond acceptors (Lipinski definition) is 4. The predicted molar refractivity (Wildman–Crippen MR) is 99.1 cm³/mol. The Bertz CT molecular complexity index is 518. The van der Waals surface area contributed by atoms with Crippen molar-refractivity contribution in [2.24, 2.45) is 0 Å². The van der Waals surface area contributed by atoms with Gasteiger partial charge in [-0.05, 0) is 73.4 Å². The minimum atomic E-state index is -1.82. The summed E-state index contributed by atoms with van der Waals surface area (Å²) in [7, 11) is 0. The quantitative estimate of drug-likeness (QED) is 0.544. The molecule has 1 aromatic carbocycles. The van der Waals surface area contributed by atoms with Gasteiger partial charge in [0.25, 0.3) is 0 Å². The summed E-state index contributed by atoms with van der Waals surface area (Å²) in [6.45, 7) is 4.64. The van der Waals surface area contributed by atoms with Gasteiger partial charge < -0.3 is 19.8 Å². The van der Waals surface area contributed by atoms with Crippen molar-refractivity contribution in [3.05, 3.63) is 28.7 Å². The monoisotopic (exact) mass is 415 g/mol. The molecule has 0 amide bonds. The van der Waals surface area contributed by atoms with Gasteiger partial charge in [0.15, 0.2) is 0 Å². The Morgan fingerprint density at radius 2 is 1.60 bits per heavy atom. The summed E-state index contributed by atoms with van der Waals surface area (Å²) >= 11 is 3.50. The molecule has 0 unspecified atom stereocenters. The lowest BCUT2D eigenvalue weighted by Gasteiger charge is -2.19. The summed E-state index contributed by atoms with van der Waals surface area (Å²) in [6.07, 6.45) is 7.98. The van der Waals surface area contributed by atoms with E-state index < -0.39 is 11.9 Å². The third kappa shape index (κ3) is 10.1. The van der Waals surface area contributed by atoms with Crippen LogP contribution in [0.5, 0.6) is 5.75 Å². The molecule has 1 aromatic rings. The first-order chi connectivity index (χ1) is 12.0. The van der Waals surface area contributed by atoms with Crippen LogP contribution in [0.1, 0.15) is 38.5 Å². The molecule has 2 N–H and O–H groups in total. The maximum Gasteiger partial charge on any atom is 0.414 e. The molecule has 1 aliphatic heterocycles. The number of likely N-dealkylation sites (tertiary alicyclic amines) is 1. The number of rotatable bonds is 6. The van der Waals surface area contributed by atoms with E-state index in [4.69, 9.17) is 24.5 Å². The van der Waals surface area contributed by atoms with Gasteiger partial charge in [0.1, 0.15) is 5.75 Å². The molecule has 0 spiro atoms. The highest BCUT2D eigenvalue weighted by Crippen LogP contribution is 2.23. The van der Waals surface area contributed by atoms with E-state index in [1.54, 1.807) is 0 Å². The van der Waals surface area contributed by atoms with E-state index in [0.29, 0.717) is 0 Å². The average Bonchev–Trinajstić information content (AvgIpc) is 2.85. The van der Waals surface area contributed by atoms with Crippen LogP contribution in [-0.4, -0.2) is 53.3 Å². The zero-order valence-electron chi connectivity index (χ0n) is 14.3. The van der Waals surface area contributed by atoms with Crippen molar-refractivity contribution in [3.63, 3.8) is 0 Å². The van der Waals surface area contributed by atoms with Gasteiger partial charge in [-0.25, -0.2) is 9.59 Å². The maximum atomic E-state index is 9.10. The molecule has 1 aliphatic rings. The molecule has 2 rings (SSSR count). The summed E-state index contributed by atoms with van der Waals surface area (Å²) in [5.41, 5.74) is 0. The van der Waals surface area contributed by atoms with Crippen LogP contribution in [0.4, 0.5) is 0 Å². The Kier molecular flexibility index (Phi) is 10.9. The lowest BCUT2D eigenvalue weighted by molar-refractivity contribution is -0.159. The number of halogens is 1. The van der Waals surface area contributed by atoms with E-state index >= 15 is 0 Å². The Balaban J connectivity index is 0.000000450. The number of ether oxygens (including phenoxy) is 1. The van der Waals surface area contributed by atoms with Crippen LogP contribution in [0, 0.1) is 0 Å². The van der Waals surface area contributed by atoms with Crippen molar-refractivity contribution in [1.82, 2.24) is 4.90 Å². The van der Waals surface area contributed by atoms with Crippen LogP contribution in [0.3, 0.4) is 0 Å². The molecule has 0 bridgehead atoms. The second kappa shape index (κ2) is 12.7. The first kappa shape index (κ1) is 21.4. The molecule has 6 nitrogen and oxygen atoms in total. The van der Waals surface area contributed by atoms with E-state index in [1.165, 1.54) is 51.7 Å². The number of nitrogens with zero attached hydrogens (tertiary/aromatic N) is 1. The third-order valence-corrected chi connectivity index (χ3v) is 4.50. The highest BCUT2D eigenvalue weighted by molar-refractivity contribution is 9.10. The Labute approximate surface area is 156 Å². The van der Waals surface area contributed by atoms with E-state index in [2.05, 4.69) is 20.8 Å². The summed E-state index contributed by atoms with van der Waals surface area (Å²) in [6, 6.07) is 8.05. The molecule has 1 saturated heterocycles. The first-order valence-corrected chi connectivity index (χ1v) is 9.36. The minimum absolute atomic E-state index is 0.816. The van der Waals surface area contributed by atoms with Gasteiger partial charge in [-0.1, -0.05) is 25.0 Å². The van der Waals surface area contributed by atoms with E-state index in [0.717, 1.165) is 23.2 Å². The van der Waals surface area contributed by atoms with E-state index in [1.807, 2.05) is 24.3 Å². The molecule has 0 saturated carbocycles. The van der Waals surface area contributed by atoms with Crippen molar-refractivity contribution in [2.75, 3.05) is 26.2 Å². The Morgan fingerprint density at radius 3 is 2.16 bits per heavy atom. The van der Waals surface area contributed by atoms with E-state index in [9.17, 15) is 0 Å². The van der Waals surface area contributed by atoms with Gasteiger partial charge in [0.2, 0.25) is 0 Å². The molecule has 25 heavy (non-hydrogen) atoms. The Morgan fingerprint density at radius 1 is 1.00 bits per heavy atom. The van der Waals surface area contributed by atoms with E-state index in [-0.39, 0.29) is 0 Å². The fourth-order valence-electron chi connectivity index (χ4n) is 2.54. The van der Waals surface area contributed by atoms with Crippen LogP contribution in [-0.2, 0) is 9.59 Å². The number of benzene rings is 1. The SMILES string of the molecule is Brc1ccccc1OCCCCN1CCCCCC1.O=C(O)C(=O)O. The number of para-hydroxylation sites is 1. The zero-order chi connectivity index (χ0) is 18.5. The van der Waals surface area contributed by atoms with Crippen molar-refractivity contribution in [3.8, 4) is 5.75 Å². The van der Waals surface area contributed by atoms with Crippen LogP contribution in [0.15, 0.2) is 28.7 Å². The number of carboxylic acids is 2. The predicted octanol–water partition coefficient (Wildman–Crippen LogP) is 3.64. The second-order valence-electron chi connectivity index (χ2n) is 5.85. The van der Waals surface area contributed by atoms with Gasteiger partial charge in [0, 0.05) is 0 Å². The molecule has 0 aromatic heterocycles. The van der Waals surface area contributed by atoms with Crippen LogP contribution in [0.25, 0.3) is 0 Å². The normalized spacial score (nSPS) is 14.8. The fourth-order valence-corrected chi connectivity index (χ4v) is 2.94. The molecule has 0 atom stereocenters. The number of aliphatic carboxylic acids is 2. The topological polar surface area (TPSA) is 87.1 Å². The summed E-state index contributed by atoms with van der Waals surface area (Å²) < 4.78 is 6.83. The van der Waals surface area contributed by atoms with Gasteiger partial charge >= 0.3 is 11.9 Å². The van der Waals surface area contributed by atoms with Crippen molar-refractivity contribution < 1.29 is 24.5 Å². The maximum absolute atomic E-state index is 9.10. The lowest BCUT2D eigenvalue weighted by Crippen LogP contribution is -2.25. The minimum Gasteiger partial charge on any atom is -0.492 e. The van der Waals surface area contributed by atoms with Crippen LogP contribution < -0.4 is 4.74 Å². The smallest absolute Gasteiger partial charge is 0.414 e. The molecular weight excluding hydrogens is 390 g/mol. The zero-order valence-corrected chi connectivity index (χ0v) is 15.9. The molecular formula is C18H26BrNO5. The van der Waals surface area contributed by atoms with Gasteiger partial charge in [-0.2, -0.15) is 0 Å². The first-order valence-electron chi connectivity index (χ1n) is 8.56. The van der Waals surface area contributed by atoms with Crippen LogP contribution in [0.2, 0.25) is 0 Å². The highest BCUT2D eigenvalue weighted by atomic mass is 79.9. The molecule has 7 heteroatoms. The largest absolute Gasteiger partial charge is 0.492 e. The van der Waals surface area contributed by atoms with Gasteiger partial charge in [-0.3, -0.25) is 0 Å². The summed E-state index contributed by atoms with van der Waals surface area (Å²) in [5.74, 6) is -2.69. The van der Waals surface area contributed by atoms with Crippen molar-refractivity contribution >= 4 is 27.9 Å². The molecule has 0 radical (unpaired) electrons. The summed E-state index contributed by atoms with van der Waals surface area (Å²) in [4.78, 5) is 20.8. The lowest BCUT2D eigenvalue weighted by atomic mass is 10.2. The molecule has 0 aliphatic carbocycles. The van der Waals surface area contributed by atoms with Gasteiger partial charge in [-0.15, -0.1) is 0 Å². The highest BCUT2D eigenvalue weighted by Gasteiger charge is 2.08. The number of carbonyl (C=O) groups is 2. The fraction of sp³-hybridized carbons (Fsp3) is 0.556.